The Morgan fingerprint density at radius 1 is 1.07 bits per heavy atom. The highest BCUT2D eigenvalue weighted by Crippen LogP contribution is 2.33. The Bertz CT molecular complexity index is 781. The van der Waals surface area contributed by atoms with Crippen LogP contribution in [0, 0.1) is 5.92 Å². The average molecular weight is 401 g/mol. The second-order valence-electron chi connectivity index (χ2n) is 7.91. The quantitative estimate of drug-likeness (QED) is 0.828. The lowest BCUT2D eigenvalue weighted by atomic mass is 9.76. The predicted molar refractivity (Wildman–Crippen MR) is 115 cm³/mol. The Hall–Kier alpha value is -1.88. The zero-order valence-corrected chi connectivity index (χ0v) is 17.0. The molecule has 0 bridgehead atoms. The summed E-state index contributed by atoms with van der Waals surface area (Å²) in [6, 6.07) is 18.8. The van der Waals surface area contributed by atoms with Gasteiger partial charge in [0.1, 0.15) is 0 Å². The maximum Gasteiger partial charge on any atom is 0.222 e. The van der Waals surface area contributed by atoms with Gasteiger partial charge in [0.15, 0.2) is 0 Å². The van der Waals surface area contributed by atoms with E-state index in [1.807, 2.05) is 23.1 Å². The summed E-state index contributed by atoms with van der Waals surface area (Å²) in [5, 5.41) is 14.1. The number of hydrogen-bond donors (Lipinski definition) is 2. The molecule has 0 aliphatic carbocycles. The van der Waals surface area contributed by atoms with Gasteiger partial charge in [-0.2, -0.15) is 0 Å². The van der Waals surface area contributed by atoms with E-state index in [-0.39, 0.29) is 24.2 Å². The molecule has 2 atom stereocenters. The fourth-order valence-corrected chi connectivity index (χ4v) is 4.36. The summed E-state index contributed by atoms with van der Waals surface area (Å²) < 4.78 is 0. The Labute approximate surface area is 173 Å². The van der Waals surface area contributed by atoms with Gasteiger partial charge in [0.25, 0.3) is 0 Å². The molecule has 150 valence electrons. The van der Waals surface area contributed by atoms with Crippen molar-refractivity contribution in [2.45, 2.75) is 31.3 Å². The molecular weight excluding hydrogens is 372 g/mol. The van der Waals surface area contributed by atoms with Gasteiger partial charge in [-0.15, -0.1) is 12.4 Å². The van der Waals surface area contributed by atoms with Gasteiger partial charge in [-0.05, 0) is 42.5 Å². The monoisotopic (exact) mass is 400 g/mol. The van der Waals surface area contributed by atoms with E-state index >= 15 is 0 Å². The number of likely N-dealkylation sites (tertiary alicyclic amines) is 1. The van der Waals surface area contributed by atoms with Crippen LogP contribution in [0.2, 0.25) is 0 Å². The highest BCUT2D eigenvalue weighted by molar-refractivity contribution is 5.85. The first kappa shape index (κ1) is 20.8. The van der Waals surface area contributed by atoms with Gasteiger partial charge in [0, 0.05) is 32.0 Å². The van der Waals surface area contributed by atoms with Crippen LogP contribution in [0.3, 0.4) is 0 Å². The summed E-state index contributed by atoms with van der Waals surface area (Å²) in [4.78, 5) is 14.6. The van der Waals surface area contributed by atoms with Crippen molar-refractivity contribution in [2.24, 2.45) is 5.92 Å². The third kappa shape index (κ3) is 4.57. The Morgan fingerprint density at radius 3 is 2.54 bits per heavy atom. The summed E-state index contributed by atoms with van der Waals surface area (Å²) in [6.45, 7) is 3.04. The summed E-state index contributed by atoms with van der Waals surface area (Å²) in [5.41, 5.74) is 3.03. The summed E-state index contributed by atoms with van der Waals surface area (Å²) in [5.74, 6) is 0.365. The maximum absolute atomic E-state index is 12.7. The van der Waals surface area contributed by atoms with Crippen molar-refractivity contribution in [2.75, 3.05) is 26.2 Å². The van der Waals surface area contributed by atoms with Gasteiger partial charge in [0.05, 0.1) is 5.60 Å². The smallest absolute Gasteiger partial charge is 0.222 e. The Morgan fingerprint density at radius 2 is 1.79 bits per heavy atom. The summed E-state index contributed by atoms with van der Waals surface area (Å²) in [7, 11) is 0. The van der Waals surface area contributed by atoms with Crippen molar-refractivity contribution >= 4 is 18.3 Å². The second-order valence-corrected chi connectivity index (χ2v) is 7.91. The first-order chi connectivity index (χ1) is 13.1. The number of fused-ring (bicyclic) bond motifs is 1. The maximum atomic E-state index is 12.7. The lowest BCUT2D eigenvalue weighted by Gasteiger charge is -2.47. The number of amides is 1. The highest BCUT2D eigenvalue weighted by atomic mass is 35.5. The number of carbonyl (C=O) groups is 1. The number of nitrogens with zero attached hydrogens (tertiary/aromatic N) is 1. The third-order valence-corrected chi connectivity index (χ3v) is 6.18. The van der Waals surface area contributed by atoms with E-state index < -0.39 is 5.60 Å². The topological polar surface area (TPSA) is 52.6 Å². The van der Waals surface area contributed by atoms with Crippen LogP contribution in [0.4, 0.5) is 0 Å². The number of hydrogen-bond acceptors (Lipinski definition) is 3. The zero-order valence-electron chi connectivity index (χ0n) is 16.1. The molecule has 0 spiro atoms. The van der Waals surface area contributed by atoms with Gasteiger partial charge in [0.2, 0.25) is 5.91 Å². The molecule has 0 saturated carbocycles. The first-order valence-corrected chi connectivity index (χ1v) is 9.99. The molecule has 2 aliphatic heterocycles. The molecule has 2 saturated heterocycles. The minimum absolute atomic E-state index is 0. The van der Waals surface area contributed by atoms with E-state index in [0.717, 1.165) is 25.9 Å². The number of aryl methyl sites for hydroxylation is 1. The van der Waals surface area contributed by atoms with E-state index in [0.29, 0.717) is 25.9 Å². The fraction of sp³-hybridized carbons (Fsp3) is 0.435. The number of benzene rings is 2. The molecule has 2 aromatic carbocycles. The molecule has 2 aliphatic rings. The molecule has 0 aromatic heterocycles. The van der Waals surface area contributed by atoms with Crippen molar-refractivity contribution in [3.05, 3.63) is 60.2 Å². The molecule has 2 heterocycles. The predicted octanol–water partition coefficient (Wildman–Crippen LogP) is 3.28. The van der Waals surface area contributed by atoms with Crippen molar-refractivity contribution < 1.29 is 9.90 Å². The number of nitrogens with one attached hydrogen (secondary N) is 1. The number of carbonyl (C=O) groups excluding carboxylic acids is 1. The Kier molecular flexibility index (Phi) is 6.76. The van der Waals surface area contributed by atoms with Gasteiger partial charge in [-0.25, -0.2) is 0 Å². The number of aliphatic hydroxyl groups is 1. The average Bonchev–Trinajstić information content (AvgIpc) is 2.72. The molecule has 2 N–H and O–H groups in total. The van der Waals surface area contributed by atoms with E-state index in [4.69, 9.17) is 0 Å². The number of piperidine rings is 2. The van der Waals surface area contributed by atoms with Crippen LogP contribution in [0.15, 0.2) is 54.6 Å². The van der Waals surface area contributed by atoms with Crippen LogP contribution in [-0.2, 0) is 11.2 Å². The van der Waals surface area contributed by atoms with Crippen molar-refractivity contribution in [3.63, 3.8) is 0 Å². The molecule has 2 aromatic rings. The normalized spacial score (nSPS) is 24.2. The number of rotatable bonds is 4. The van der Waals surface area contributed by atoms with Crippen molar-refractivity contribution in [3.8, 4) is 11.1 Å². The highest BCUT2D eigenvalue weighted by Gasteiger charge is 2.43. The minimum atomic E-state index is -0.574. The largest absolute Gasteiger partial charge is 0.389 e. The lowest BCUT2D eigenvalue weighted by Crippen LogP contribution is -2.59. The first-order valence-electron chi connectivity index (χ1n) is 9.99. The van der Waals surface area contributed by atoms with E-state index in [9.17, 15) is 9.90 Å². The van der Waals surface area contributed by atoms with Crippen molar-refractivity contribution in [1.29, 1.82) is 0 Å². The lowest BCUT2D eigenvalue weighted by molar-refractivity contribution is -0.142. The van der Waals surface area contributed by atoms with E-state index in [2.05, 4.69) is 41.7 Å². The molecule has 28 heavy (non-hydrogen) atoms. The molecule has 4 nitrogen and oxygen atoms in total. The van der Waals surface area contributed by atoms with Gasteiger partial charge in [-0.3, -0.25) is 4.79 Å². The molecule has 0 unspecified atom stereocenters. The molecular formula is C23H29ClN2O2. The summed E-state index contributed by atoms with van der Waals surface area (Å²) >= 11 is 0. The molecule has 1 amide bonds. The second kappa shape index (κ2) is 9.08. The van der Waals surface area contributed by atoms with Gasteiger partial charge >= 0.3 is 0 Å². The van der Waals surface area contributed by atoms with E-state index in [1.54, 1.807) is 0 Å². The van der Waals surface area contributed by atoms with Crippen LogP contribution in [0.1, 0.15) is 24.8 Å². The minimum Gasteiger partial charge on any atom is -0.389 e. The van der Waals surface area contributed by atoms with Crippen LogP contribution in [-0.4, -0.2) is 47.7 Å². The molecule has 2 fully saturated rings. The standard InChI is InChI=1S/C23H28N2O2.ClH/c26-22(25-15-13-23(27)12-14-24-16-21(23)17-25)11-8-18-6-9-20(10-7-18)19-4-2-1-3-5-19;/h1-7,9-10,21,24,27H,8,11-17H2;1H/t21-,23-;/m0./s1. The molecule has 0 radical (unpaired) electrons. The number of halogens is 1. The van der Waals surface area contributed by atoms with Gasteiger partial charge < -0.3 is 15.3 Å². The van der Waals surface area contributed by atoms with Crippen molar-refractivity contribution in [1.82, 2.24) is 10.2 Å². The fourth-order valence-electron chi connectivity index (χ4n) is 4.36. The van der Waals surface area contributed by atoms with E-state index in [1.165, 1.54) is 16.7 Å². The molecule has 5 heteroatoms. The SMILES string of the molecule is Cl.O=C(CCc1ccc(-c2ccccc2)cc1)N1CC[C@@]2(O)CCNC[C@H]2C1. The van der Waals surface area contributed by atoms with Crippen LogP contribution in [0.5, 0.6) is 0 Å². The zero-order chi connectivity index (χ0) is 18.7. The Balaban J connectivity index is 0.00000225. The van der Waals surface area contributed by atoms with Crippen LogP contribution >= 0.6 is 12.4 Å². The summed E-state index contributed by atoms with van der Waals surface area (Å²) in [6.07, 6.45) is 2.80. The van der Waals surface area contributed by atoms with Crippen LogP contribution in [0.25, 0.3) is 11.1 Å². The van der Waals surface area contributed by atoms with Gasteiger partial charge in [-0.1, -0.05) is 54.6 Å². The van der Waals surface area contributed by atoms with Crippen LogP contribution < -0.4 is 5.32 Å². The third-order valence-electron chi connectivity index (χ3n) is 6.18. The molecule has 4 rings (SSSR count).